The van der Waals surface area contributed by atoms with Gasteiger partial charge in [-0.1, -0.05) is 12.1 Å². The Balaban J connectivity index is 1.72. The molecule has 0 radical (unpaired) electrons. The third-order valence-corrected chi connectivity index (χ3v) is 2.29. The van der Waals surface area contributed by atoms with Crippen LogP contribution >= 0.6 is 0 Å². The van der Waals surface area contributed by atoms with E-state index in [0.717, 1.165) is 11.3 Å². The molecule has 1 amide bonds. The van der Waals surface area contributed by atoms with E-state index in [1.54, 1.807) is 0 Å². The lowest BCUT2D eigenvalue weighted by Crippen LogP contribution is -2.28. The largest absolute Gasteiger partial charge is 0.492 e. The number of benzene rings is 1. The highest BCUT2D eigenvalue weighted by Gasteiger charge is 2.06. The van der Waals surface area contributed by atoms with E-state index in [1.807, 2.05) is 31.2 Å². The zero-order chi connectivity index (χ0) is 12.8. The minimum atomic E-state index is -0.267. The lowest BCUT2D eigenvalue weighted by Gasteiger charge is -2.07. The number of aryl methyl sites for hydroxylation is 1. The standard InChI is InChI=1S/C12H14N4O2/c1-9-3-2-4-10(7-9)18-6-5-13-12(17)11-8-14-16-15-11/h2-4,7-8H,5-6H2,1H3,(H,13,17)(H,14,15,16). The van der Waals surface area contributed by atoms with E-state index in [1.165, 1.54) is 6.20 Å². The molecule has 6 heteroatoms. The van der Waals surface area contributed by atoms with Crippen LogP contribution in [0.15, 0.2) is 30.5 Å². The van der Waals surface area contributed by atoms with Crippen molar-refractivity contribution in [2.45, 2.75) is 6.92 Å². The van der Waals surface area contributed by atoms with E-state index in [-0.39, 0.29) is 11.6 Å². The number of carbonyl (C=O) groups is 1. The molecule has 1 aromatic heterocycles. The molecule has 2 rings (SSSR count). The number of aromatic nitrogens is 3. The maximum absolute atomic E-state index is 11.5. The lowest BCUT2D eigenvalue weighted by atomic mass is 10.2. The van der Waals surface area contributed by atoms with E-state index in [2.05, 4.69) is 20.7 Å². The van der Waals surface area contributed by atoms with Crippen molar-refractivity contribution in [2.24, 2.45) is 0 Å². The lowest BCUT2D eigenvalue weighted by molar-refractivity contribution is 0.0942. The van der Waals surface area contributed by atoms with Crippen LogP contribution in [0.25, 0.3) is 0 Å². The van der Waals surface area contributed by atoms with Crippen LogP contribution in [0, 0.1) is 6.92 Å². The molecule has 94 valence electrons. The molecule has 18 heavy (non-hydrogen) atoms. The molecule has 0 unspecified atom stereocenters. The zero-order valence-corrected chi connectivity index (χ0v) is 10.0. The average Bonchev–Trinajstić information content (AvgIpc) is 2.88. The van der Waals surface area contributed by atoms with Gasteiger partial charge in [0.25, 0.3) is 5.91 Å². The van der Waals surface area contributed by atoms with Gasteiger partial charge in [-0.3, -0.25) is 4.79 Å². The van der Waals surface area contributed by atoms with E-state index in [9.17, 15) is 4.79 Å². The molecule has 6 nitrogen and oxygen atoms in total. The summed E-state index contributed by atoms with van der Waals surface area (Å²) in [6.45, 7) is 2.83. The van der Waals surface area contributed by atoms with Crippen molar-refractivity contribution in [1.29, 1.82) is 0 Å². The number of carbonyl (C=O) groups excluding carboxylic acids is 1. The highest BCUT2D eigenvalue weighted by Crippen LogP contribution is 2.11. The molecule has 0 saturated heterocycles. The smallest absolute Gasteiger partial charge is 0.273 e. The van der Waals surface area contributed by atoms with Gasteiger partial charge < -0.3 is 10.1 Å². The Morgan fingerprint density at radius 2 is 2.39 bits per heavy atom. The highest BCUT2D eigenvalue weighted by atomic mass is 16.5. The predicted molar refractivity (Wildman–Crippen MR) is 65.4 cm³/mol. The Morgan fingerprint density at radius 1 is 1.50 bits per heavy atom. The monoisotopic (exact) mass is 246 g/mol. The number of H-pyrrole nitrogens is 1. The van der Waals surface area contributed by atoms with Crippen molar-refractivity contribution >= 4 is 5.91 Å². The van der Waals surface area contributed by atoms with Gasteiger partial charge in [0.2, 0.25) is 0 Å². The third kappa shape index (κ3) is 3.31. The number of rotatable bonds is 5. The summed E-state index contributed by atoms with van der Waals surface area (Å²) in [5.41, 5.74) is 1.41. The van der Waals surface area contributed by atoms with Crippen LogP contribution in [0.1, 0.15) is 16.1 Å². The number of hydrogen-bond donors (Lipinski definition) is 2. The maximum atomic E-state index is 11.5. The molecule has 1 heterocycles. The number of nitrogens with one attached hydrogen (secondary N) is 2. The van der Waals surface area contributed by atoms with Gasteiger partial charge in [0, 0.05) is 0 Å². The van der Waals surface area contributed by atoms with Gasteiger partial charge >= 0.3 is 0 Å². The van der Waals surface area contributed by atoms with E-state index < -0.39 is 0 Å². The van der Waals surface area contributed by atoms with Gasteiger partial charge in [0.15, 0.2) is 5.69 Å². The van der Waals surface area contributed by atoms with Gasteiger partial charge in [-0.05, 0) is 24.6 Å². The minimum Gasteiger partial charge on any atom is -0.492 e. The van der Waals surface area contributed by atoms with Crippen LogP contribution in [0.3, 0.4) is 0 Å². The number of ether oxygens (including phenoxy) is 1. The summed E-state index contributed by atoms with van der Waals surface area (Å²) in [7, 11) is 0. The zero-order valence-electron chi connectivity index (χ0n) is 10.0. The number of nitrogens with zero attached hydrogens (tertiary/aromatic N) is 2. The first kappa shape index (κ1) is 12.1. The fraction of sp³-hybridized carbons (Fsp3) is 0.250. The maximum Gasteiger partial charge on any atom is 0.273 e. The van der Waals surface area contributed by atoms with Gasteiger partial charge in [0.1, 0.15) is 12.4 Å². The summed E-state index contributed by atoms with van der Waals surface area (Å²) in [6, 6.07) is 7.75. The Bertz CT molecular complexity index is 511. The molecule has 0 bridgehead atoms. The molecule has 2 aromatic rings. The van der Waals surface area contributed by atoms with Crippen LogP contribution < -0.4 is 10.1 Å². The van der Waals surface area contributed by atoms with Crippen LogP contribution in [0.2, 0.25) is 0 Å². The van der Waals surface area contributed by atoms with E-state index >= 15 is 0 Å². The summed E-state index contributed by atoms with van der Waals surface area (Å²) in [4.78, 5) is 11.5. The number of aromatic amines is 1. The average molecular weight is 246 g/mol. The predicted octanol–water partition coefficient (Wildman–Crippen LogP) is 0.922. The molecular weight excluding hydrogens is 232 g/mol. The summed E-state index contributed by atoms with van der Waals surface area (Å²) in [5, 5.41) is 12.3. The molecule has 0 saturated carbocycles. The summed E-state index contributed by atoms with van der Waals surface area (Å²) in [5.74, 6) is 0.530. The van der Waals surface area contributed by atoms with Crippen LogP contribution in [0.5, 0.6) is 5.75 Å². The Labute approximate surface area is 104 Å². The molecule has 0 aliphatic rings. The minimum absolute atomic E-state index is 0.267. The molecule has 2 N–H and O–H groups in total. The Hall–Kier alpha value is -2.37. The quantitative estimate of drug-likeness (QED) is 0.769. The van der Waals surface area contributed by atoms with Crippen LogP contribution in [0.4, 0.5) is 0 Å². The SMILES string of the molecule is Cc1cccc(OCCNC(=O)c2cn[nH]n2)c1. The first-order chi connectivity index (χ1) is 8.75. The summed E-state index contributed by atoms with van der Waals surface area (Å²) >= 11 is 0. The van der Waals surface area contributed by atoms with Crippen molar-refractivity contribution in [3.8, 4) is 5.75 Å². The molecule has 0 aliphatic carbocycles. The van der Waals surface area contributed by atoms with Crippen molar-refractivity contribution in [3.63, 3.8) is 0 Å². The second kappa shape index (κ2) is 5.81. The molecule has 0 spiro atoms. The Morgan fingerprint density at radius 3 is 3.11 bits per heavy atom. The van der Waals surface area contributed by atoms with Crippen molar-refractivity contribution < 1.29 is 9.53 Å². The van der Waals surface area contributed by atoms with Gasteiger partial charge in [0.05, 0.1) is 12.7 Å². The first-order valence-electron chi connectivity index (χ1n) is 5.59. The van der Waals surface area contributed by atoms with Crippen molar-refractivity contribution in [3.05, 3.63) is 41.7 Å². The first-order valence-corrected chi connectivity index (χ1v) is 5.59. The van der Waals surface area contributed by atoms with Crippen molar-refractivity contribution in [2.75, 3.05) is 13.2 Å². The molecule has 0 atom stereocenters. The molecular formula is C12H14N4O2. The third-order valence-electron chi connectivity index (χ3n) is 2.29. The van der Waals surface area contributed by atoms with Crippen LogP contribution in [-0.4, -0.2) is 34.5 Å². The highest BCUT2D eigenvalue weighted by molar-refractivity contribution is 5.91. The molecule has 1 aromatic carbocycles. The second-order valence-corrected chi connectivity index (χ2v) is 3.78. The molecule has 0 fully saturated rings. The summed E-state index contributed by atoms with van der Waals surface area (Å²) in [6.07, 6.45) is 1.37. The fourth-order valence-corrected chi connectivity index (χ4v) is 1.44. The van der Waals surface area contributed by atoms with Crippen LogP contribution in [-0.2, 0) is 0 Å². The van der Waals surface area contributed by atoms with E-state index in [4.69, 9.17) is 4.74 Å². The normalized spacial score (nSPS) is 10.1. The summed E-state index contributed by atoms with van der Waals surface area (Å²) < 4.78 is 5.50. The van der Waals surface area contributed by atoms with Crippen molar-refractivity contribution in [1.82, 2.24) is 20.7 Å². The van der Waals surface area contributed by atoms with Gasteiger partial charge in [-0.25, -0.2) is 0 Å². The topological polar surface area (TPSA) is 79.9 Å². The van der Waals surface area contributed by atoms with Gasteiger partial charge in [-0.15, -0.1) is 0 Å². The second-order valence-electron chi connectivity index (χ2n) is 3.78. The number of amides is 1. The molecule has 0 aliphatic heterocycles. The fourth-order valence-electron chi connectivity index (χ4n) is 1.44. The van der Waals surface area contributed by atoms with E-state index in [0.29, 0.717) is 13.2 Å². The Kier molecular flexibility index (Phi) is 3.90. The number of hydrogen-bond acceptors (Lipinski definition) is 4. The van der Waals surface area contributed by atoms with Gasteiger partial charge in [-0.2, -0.15) is 15.4 Å².